The number of alkyl halides is 1. The second-order valence-corrected chi connectivity index (χ2v) is 4.21. The molecule has 0 atom stereocenters. The smallest absolute Gasteiger partial charge is 0.261 e. The van der Waals surface area contributed by atoms with Crippen molar-refractivity contribution >= 4 is 28.8 Å². The molecule has 1 aromatic heterocycles. The molecule has 0 bridgehead atoms. The van der Waals surface area contributed by atoms with E-state index in [2.05, 4.69) is 5.32 Å². The van der Waals surface area contributed by atoms with Gasteiger partial charge in [0.2, 0.25) is 0 Å². The summed E-state index contributed by atoms with van der Waals surface area (Å²) >= 11 is 6.88. The lowest BCUT2D eigenvalue weighted by atomic mass is 10.4. The number of ether oxygens (including phenoxy) is 1. The Labute approximate surface area is 98.4 Å². The van der Waals surface area contributed by atoms with E-state index in [1.165, 1.54) is 11.3 Å². The number of carbonyl (C=O) groups excluding carboxylic acids is 1. The number of halogens is 1. The molecule has 15 heavy (non-hydrogen) atoms. The van der Waals surface area contributed by atoms with Gasteiger partial charge in [-0.2, -0.15) is 0 Å². The lowest BCUT2D eigenvalue weighted by molar-refractivity contribution is 0.0948. The summed E-state index contributed by atoms with van der Waals surface area (Å²) < 4.78 is 5.17. The fourth-order valence-corrected chi connectivity index (χ4v) is 1.78. The van der Waals surface area contributed by atoms with Crippen LogP contribution in [0.3, 0.4) is 0 Å². The summed E-state index contributed by atoms with van der Waals surface area (Å²) in [5.74, 6) is 0.504. The van der Waals surface area contributed by atoms with Crippen LogP contribution in [0.2, 0.25) is 0 Å². The molecule has 0 aliphatic carbocycles. The summed E-state index contributed by atoms with van der Waals surface area (Å²) in [7, 11) is 0. The predicted octanol–water partition coefficient (Wildman–Crippen LogP) is 2.12. The van der Waals surface area contributed by atoms with Crippen LogP contribution in [0.15, 0.2) is 17.5 Å². The van der Waals surface area contributed by atoms with Gasteiger partial charge in [-0.05, 0) is 17.9 Å². The molecule has 84 valence electrons. The summed E-state index contributed by atoms with van der Waals surface area (Å²) in [6.45, 7) is 1.84. The van der Waals surface area contributed by atoms with Gasteiger partial charge in [0.25, 0.3) is 5.91 Å². The van der Waals surface area contributed by atoms with E-state index < -0.39 is 0 Å². The second-order valence-electron chi connectivity index (χ2n) is 2.89. The number of hydrogen-bond donors (Lipinski definition) is 1. The van der Waals surface area contributed by atoms with Gasteiger partial charge in [0.05, 0.1) is 11.5 Å². The topological polar surface area (TPSA) is 38.3 Å². The highest BCUT2D eigenvalue weighted by Gasteiger charge is 2.04. The van der Waals surface area contributed by atoms with Crippen molar-refractivity contribution < 1.29 is 9.53 Å². The monoisotopic (exact) mass is 247 g/mol. The number of amides is 1. The molecule has 3 nitrogen and oxygen atoms in total. The first-order chi connectivity index (χ1) is 7.34. The van der Waals surface area contributed by atoms with Gasteiger partial charge in [-0.15, -0.1) is 22.9 Å². The Morgan fingerprint density at radius 2 is 2.40 bits per heavy atom. The van der Waals surface area contributed by atoms with Crippen LogP contribution < -0.4 is 5.32 Å². The maximum Gasteiger partial charge on any atom is 0.261 e. The number of carbonyl (C=O) groups is 1. The third-order valence-electron chi connectivity index (χ3n) is 1.72. The van der Waals surface area contributed by atoms with Gasteiger partial charge in [-0.1, -0.05) is 6.07 Å². The molecule has 1 heterocycles. The van der Waals surface area contributed by atoms with E-state index in [4.69, 9.17) is 16.3 Å². The molecule has 5 heteroatoms. The zero-order valence-corrected chi connectivity index (χ0v) is 9.94. The Morgan fingerprint density at radius 3 is 3.07 bits per heavy atom. The number of hydrogen-bond acceptors (Lipinski definition) is 3. The van der Waals surface area contributed by atoms with E-state index in [-0.39, 0.29) is 5.91 Å². The third-order valence-corrected chi connectivity index (χ3v) is 2.74. The van der Waals surface area contributed by atoms with Gasteiger partial charge < -0.3 is 10.1 Å². The van der Waals surface area contributed by atoms with Crippen LogP contribution in [0.5, 0.6) is 0 Å². The first-order valence-corrected chi connectivity index (χ1v) is 6.21. The minimum absolute atomic E-state index is 0.0117. The Morgan fingerprint density at radius 1 is 1.53 bits per heavy atom. The molecule has 0 aromatic carbocycles. The molecule has 1 N–H and O–H groups in total. The van der Waals surface area contributed by atoms with Gasteiger partial charge in [0, 0.05) is 19.0 Å². The van der Waals surface area contributed by atoms with Gasteiger partial charge >= 0.3 is 0 Å². The van der Waals surface area contributed by atoms with E-state index in [0.29, 0.717) is 25.6 Å². The summed E-state index contributed by atoms with van der Waals surface area (Å²) in [6.07, 6.45) is 0.813. The quantitative estimate of drug-likeness (QED) is 0.592. The Bertz CT molecular complexity index is 277. The molecule has 0 aliphatic rings. The zero-order chi connectivity index (χ0) is 10.9. The van der Waals surface area contributed by atoms with E-state index in [1.807, 2.05) is 17.5 Å². The molecule has 1 rings (SSSR count). The first kappa shape index (κ1) is 12.5. The van der Waals surface area contributed by atoms with Crippen LogP contribution in [-0.2, 0) is 4.74 Å². The highest BCUT2D eigenvalue weighted by atomic mass is 35.5. The van der Waals surface area contributed by atoms with E-state index in [1.54, 1.807) is 0 Å². The zero-order valence-electron chi connectivity index (χ0n) is 8.37. The minimum atomic E-state index is -0.0117. The van der Waals surface area contributed by atoms with Gasteiger partial charge in [0.1, 0.15) is 0 Å². The summed E-state index contributed by atoms with van der Waals surface area (Å²) in [4.78, 5) is 12.2. The molecule has 0 spiro atoms. The molecule has 0 fully saturated rings. The molecule has 0 unspecified atom stereocenters. The van der Waals surface area contributed by atoms with E-state index >= 15 is 0 Å². The first-order valence-electron chi connectivity index (χ1n) is 4.80. The number of thiophene rings is 1. The maximum absolute atomic E-state index is 11.4. The van der Waals surface area contributed by atoms with Crippen LogP contribution in [0, 0.1) is 0 Å². The highest BCUT2D eigenvalue weighted by Crippen LogP contribution is 2.07. The Balaban J connectivity index is 2.03. The van der Waals surface area contributed by atoms with E-state index in [0.717, 1.165) is 11.3 Å². The molecule has 1 aromatic rings. The largest absolute Gasteiger partial charge is 0.380 e. The molecule has 1 amide bonds. The van der Waals surface area contributed by atoms with Crippen molar-refractivity contribution in [3.05, 3.63) is 22.4 Å². The van der Waals surface area contributed by atoms with Gasteiger partial charge in [-0.25, -0.2) is 0 Å². The molecule has 0 radical (unpaired) electrons. The van der Waals surface area contributed by atoms with Crippen molar-refractivity contribution in [2.45, 2.75) is 6.42 Å². The van der Waals surface area contributed by atoms with Crippen molar-refractivity contribution in [2.24, 2.45) is 0 Å². The molecule has 0 saturated carbocycles. The van der Waals surface area contributed by atoms with E-state index in [9.17, 15) is 4.79 Å². The van der Waals surface area contributed by atoms with Crippen LogP contribution in [0.25, 0.3) is 0 Å². The third kappa shape index (κ3) is 5.16. The SMILES string of the molecule is O=C(NCCCOCCCl)c1cccs1. The maximum atomic E-state index is 11.4. The van der Waals surface area contributed by atoms with Gasteiger partial charge in [0.15, 0.2) is 0 Å². The molecule has 0 aliphatic heterocycles. The highest BCUT2D eigenvalue weighted by molar-refractivity contribution is 7.12. The summed E-state index contributed by atoms with van der Waals surface area (Å²) in [5.41, 5.74) is 0. The van der Waals surface area contributed by atoms with Crippen molar-refractivity contribution in [1.29, 1.82) is 0 Å². The summed E-state index contributed by atoms with van der Waals surface area (Å²) in [5, 5.41) is 4.71. The molecule has 0 saturated heterocycles. The predicted molar refractivity (Wildman–Crippen MR) is 62.8 cm³/mol. The van der Waals surface area contributed by atoms with Crippen LogP contribution in [0.4, 0.5) is 0 Å². The van der Waals surface area contributed by atoms with Gasteiger partial charge in [-0.3, -0.25) is 4.79 Å². The molecular formula is C10H14ClNO2S. The van der Waals surface area contributed by atoms with Crippen molar-refractivity contribution in [3.8, 4) is 0 Å². The lowest BCUT2D eigenvalue weighted by Gasteiger charge is -2.03. The fraction of sp³-hybridized carbons (Fsp3) is 0.500. The fourth-order valence-electron chi connectivity index (χ4n) is 1.03. The normalized spacial score (nSPS) is 10.2. The minimum Gasteiger partial charge on any atom is -0.380 e. The van der Waals surface area contributed by atoms with Crippen molar-refractivity contribution in [2.75, 3.05) is 25.6 Å². The van der Waals surface area contributed by atoms with Crippen LogP contribution >= 0.6 is 22.9 Å². The standard InChI is InChI=1S/C10H14ClNO2S/c11-4-7-14-6-2-5-12-10(13)9-3-1-8-15-9/h1,3,8H,2,4-7H2,(H,12,13). The molecular weight excluding hydrogens is 234 g/mol. The number of nitrogens with one attached hydrogen (secondary N) is 1. The second kappa shape index (κ2) is 7.68. The average molecular weight is 248 g/mol. The Kier molecular flexibility index (Phi) is 6.39. The Hall–Kier alpha value is -0.580. The lowest BCUT2D eigenvalue weighted by Crippen LogP contribution is -2.24. The van der Waals surface area contributed by atoms with Crippen molar-refractivity contribution in [1.82, 2.24) is 5.32 Å². The summed E-state index contributed by atoms with van der Waals surface area (Å²) in [6, 6.07) is 3.67. The van der Waals surface area contributed by atoms with Crippen LogP contribution in [0.1, 0.15) is 16.1 Å². The average Bonchev–Trinajstić information content (AvgIpc) is 2.76. The van der Waals surface area contributed by atoms with Crippen molar-refractivity contribution in [3.63, 3.8) is 0 Å². The van der Waals surface area contributed by atoms with Crippen LogP contribution in [-0.4, -0.2) is 31.5 Å². The number of rotatable bonds is 7.